The Balaban J connectivity index is 2.07. The van der Waals surface area contributed by atoms with Crippen LogP contribution in [0.4, 0.5) is 0 Å². The number of rotatable bonds is 7. The minimum Gasteiger partial charge on any atom is -0.375 e. The minimum absolute atomic E-state index is 0.202. The number of ether oxygens (including phenoxy) is 1. The molecule has 0 radical (unpaired) electrons. The molecule has 1 aromatic carbocycles. The SMILES string of the molecule is Cc1ccc(COCCNCC(N)=O)cc1. The van der Waals surface area contributed by atoms with E-state index in [0.717, 1.165) is 5.56 Å². The fourth-order valence-corrected chi connectivity index (χ4v) is 1.23. The second kappa shape index (κ2) is 6.98. The van der Waals surface area contributed by atoms with E-state index in [9.17, 15) is 4.79 Å². The number of aryl methyl sites for hydroxylation is 1. The Labute approximate surface area is 95.8 Å². The standard InChI is InChI=1S/C12H18N2O2/c1-10-2-4-11(5-3-10)9-16-7-6-14-8-12(13)15/h2-5,14H,6-9H2,1H3,(H2,13,15). The number of carbonyl (C=O) groups is 1. The Hall–Kier alpha value is -1.39. The smallest absolute Gasteiger partial charge is 0.231 e. The molecule has 1 rings (SSSR count). The van der Waals surface area contributed by atoms with Crippen LogP contribution in [0, 0.1) is 6.92 Å². The van der Waals surface area contributed by atoms with Gasteiger partial charge in [-0.1, -0.05) is 29.8 Å². The number of carbonyl (C=O) groups excluding carboxylic acids is 1. The molecule has 0 saturated carbocycles. The van der Waals surface area contributed by atoms with Gasteiger partial charge in [0.2, 0.25) is 5.91 Å². The minimum atomic E-state index is -0.349. The number of amides is 1. The molecule has 16 heavy (non-hydrogen) atoms. The highest BCUT2D eigenvalue weighted by atomic mass is 16.5. The van der Waals surface area contributed by atoms with Gasteiger partial charge in [0.05, 0.1) is 19.8 Å². The quantitative estimate of drug-likeness (QED) is 0.663. The van der Waals surface area contributed by atoms with Crippen molar-refractivity contribution in [1.29, 1.82) is 0 Å². The largest absolute Gasteiger partial charge is 0.375 e. The van der Waals surface area contributed by atoms with Crippen molar-refractivity contribution in [3.63, 3.8) is 0 Å². The fourth-order valence-electron chi connectivity index (χ4n) is 1.23. The Morgan fingerprint density at radius 3 is 2.69 bits per heavy atom. The molecule has 0 aliphatic carbocycles. The van der Waals surface area contributed by atoms with Gasteiger partial charge in [-0.15, -0.1) is 0 Å². The molecule has 0 aliphatic heterocycles. The van der Waals surface area contributed by atoms with Crippen molar-refractivity contribution in [3.05, 3.63) is 35.4 Å². The number of nitrogens with two attached hydrogens (primary N) is 1. The summed E-state index contributed by atoms with van der Waals surface area (Å²) in [5.41, 5.74) is 7.37. The molecule has 0 bridgehead atoms. The van der Waals surface area contributed by atoms with Crippen molar-refractivity contribution < 1.29 is 9.53 Å². The molecule has 0 aromatic heterocycles. The van der Waals surface area contributed by atoms with Gasteiger partial charge in [0.1, 0.15) is 0 Å². The van der Waals surface area contributed by atoms with Crippen molar-refractivity contribution >= 4 is 5.91 Å². The second-order valence-electron chi connectivity index (χ2n) is 3.68. The van der Waals surface area contributed by atoms with Crippen LogP contribution in [0.5, 0.6) is 0 Å². The van der Waals surface area contributed by atoms with Gasteiger partial charge < -0.3 is 15.8 Å². The second-order valence-corrected chi connectivity index (χ2v) is 3.68. The topological polar surface area (TPSA) is 64.3 Å². The molecule has 0 aliphatic rings. The lowest BCUT2D eigenvalue weighted by molar-refractivity contribution is -0.117. The van der Waals surface area contributed by atoms with Crippen molar-refractivity contribution in [3.8, 4) is 0 Å². The normalized spacial score (nSPS) is 10.3. The van der Waals surface area contributed by atoms with E-state index >= 15 is 0 Å². The summed E-state index contributed by atoms with van der Waals surface area (Å²) in [7, 11) is 0. The first-order valence-corrected chi connectivity index (χ1v) is 5.31. The zero-order valence-electron chi connectivity index (χ0n) is 9.53. The number of nitrogens with one attached hydrogen (secondary N) is 1. The van der Waals surface area contributed by atoms with E-state index in [-0.39, 0.29) is 12.5 Å². The highest BCUT2D eigenvalue weighted by molar-refractivity contribution is 5.75. The molecule has 0 fully saturated rings. The number of hydrogen-bond donors (Lipinski definition) is 2. The molecule has 1 amide bonds. The number of hydrogen-bond acceptors (Lipinski definition) is 3. The molecular weight excluding hydrogens is 204 g/mol. The monoisotopic (exact) mass is 222 g/mol. The predicted octanol–water partition coefficient (Wildman–Crippen LogP) is 0.587. The summed E-state index contributed by atoms with van der Waals surface area (Å²) in [5, 5.41) is 2.88. The van der Waals surface area contributed by atoms with Crippen LogP contribution in [-0.4, -0.2) is 25.6 Å². The average molecular weight is 222 g/mol. The Kier molecular flexibility index (Phi) is 5.53. The molecule has 4 nitrogen and oxygen atoms in total. The lowest BCUT2D eigenvalue weighted by Gasteiger charge is -2.05. The Morgan fingerprint density at radius 1 is 1.38 bits per heavy atom. The van der Waals surface area contributed by atoms with Crippen LogP contribution < -0.4 is 11.1 Å². The maximum atomic E-state index is 10.4. The summed E-state index contributed by atoms with van der Waals surface area (Å²) in [6.45, 7) is 4.06. The van der Waals surface area contributed by atoms with E-state index in [1.807, 2.05) is 12.1 Å². The molecule has 0 unspecified atom stereocenters. The molecular formula is C12H18N2O2. The molecule has 1 aromatic rings. The van der Waals surface area contributed by atoms with E-state index in [4.69, 9.17) is 10.5 Å². The first-order valence-electron chi connectivity index (χ1n) is 5.31. The van der Waals surface area contributed by atoms with E-state index in [0.29, 0.717) is 19.8 Å². The van der Waals surface area contributed by atoms with Gasteiger partial charge in [0.15, 0.2) is 0 Å². The van der Waals surface area contributed by atoms with Crippen molar-refractivity contribution in [2.24, 2.45) is 5.73 Å². The molecule has 0 heterocycles. The maximum Gasteiger partial charge on any atom is 0.231 e. The van der Waals surface area contributed by atoms with Gasteiger partial charge in [0, 0.05) is 6.54 Å². The van der Waals surface area contributed by atoms with Crippen LogP contribution in [0.1, 0.15) is 11.1 Å². The van der Waals surface area contributed by atoms with Crippen molar-refractivity contribution in [1.82, 2.24) is 5.32 Å². The van der Waals surface area contributed by atoms with Crippen LogP contribution >= 0.6 is 0 Å². The van der Waals surface area contributed by atoms with Crippen LogP contribution in [0.2, 0.25) is 0 Å². The fraction of sp³-hybridized carbons (Fsp3) is 0.417. The van der Waals surface area contributed by atoms with Crippen molar-refractivity contribution in [2.45, 2.75) is 13.5 Å². The zero-order chi connectivity index (χ0) is 11.8. The van der Waals surface area contributed by atoms with Gasteiger partial charge in [-0.3, -0.25) is 4.79 Å². The Morgan fingerprint density at radius 2 is 2.06 bits per heavy atom. The predicted molar refractivity (Wildman–Crippen MR) is 62.9 cm³/mol. The Bertz CT molecular complexity index is 322. The average Bonchev–Trinajstić information content (AvgIpc) is 2.25. The third kappa shape index (κ3) is 5.48. The van der Waals surface area contributed by atoms with E-state index in [2.05, 4.69) is 24.4 Å². The summed E-state index contributed by atoms with van der Waals surface area (Å²) in [5.74, 6) is -0.349. The zero-order valence-corrected chi connectivity index (χ0v) is 9.53. The number of benzene rings is 1. The first kappa shape index (κ1) is 12.7. The third-order valence-electron chi connectivity index (χ3n) is 2.11. The number of primary amides is 1. The molecule has 0 saturated heterocycles. The third-order valence-corrected chi connectivity index (χ3v) is 2.11. The molecule has 4 heteroatoms. The molecule has 0 atom stereocenters. The summed E-state index contributed by atoms with van der Waals surface area (Å²) in [6, 6.07) is 8.21. The van der Waals surface area contributed by atoms with Gasteiger partial charge in [-0.2, -0.15) is 0 Å². The lowest BCUT2D eigenvalue weighted by Crippen LogP contribution is -2.30. The van der Waals surface area contributed by atoms with Gasteiger partial charge >= 0.3 is 0 Å². The van der Waals surface area contributed by atoms with Gasteiger partial charge in [-0.25, -0.2) is 0 Å². The van der Waals surface area contributed by atoms with Gasteiger partial charge in [-0.05, 0) is 12.5 Å². The molecule has 0 spiro atoms. The highest BCUT2D eigenvalue weighted by Gasteiger charge is 1.94. The van der Waals surface area contributed by atoms with Crippen LogP contribution in [0.15, 0.2) is 24.3 Å². The molecule has 88 valence electrons. The van der Waals surface area contributed by atoms with E-state index in [1.54, 1.807) is 0 Å². The van der Waals surface area contributed by atoms with Crippen LogP contribution in [-0.2, 0) is 16.1 Å². The molecule has 3 N–H and O–H groups in total. The van der Waals surface area contributed by atoms with Crippen LogP contribution in [0.25, 0.3) is 0 Å². The summed E-state index contributed by atoms with van der Waals surface area (Å²) < 4.78 is 5.43. The maximum absolute atomic E-state index is 10.4. The van der Waals surface area contributed by atoms with Crippen molar-refractivity contribution in [2.75, 3.05) is 19.7 Å². The highest BCUT2D eigenvalue weighted by Crippen LogP contribution is 2.03. The van der Waals surface area contributed by atoms with Gasteiger partial charge in [0.25, 0.3) is 0 Å². The van der Waals surface area contributed by atoms with E-state index < -0.39 is 0 Å². The summed E-state index contributed by atoms with van der Waals surface area (Å²) in [6.07, 6.45) is 0. The summed E-state index contributed by atoms with van der Waals surface area (Å²) >= 11 is 0. The first-order chi connectivity index (χ1) is 7.68. The van der Waals surface area contributed by atoms with Crippen LogP contribution in [0.3, 0.4) is 0 Å². The lowest BCUT2D eigenvalue weighted by atomic mass is 10.2. The summed E-state index contributed by atoms with van der Waals surface area (Å²) in [4.78, 5) is 10.4. The van der Waals surface area contributed by atoms with E-state index in [1.165, 1.54) is 5.56 Å².